The lowest BCUT2D eigenvalue weighted by Gasteiger charge is -2.33. The molecule has 32 heavy (non-hydrogen) atoms. The molecule has 2 atom stereocenters. The maximum atomic E-state index is 12.6. The summed E-state index contributed by atoms with van der Waals surface area (Å²) in [5.74, 6) is 0.466. The first-order chi connectivity index (χ1) is 15.2. The minimum absolute atomic E-state index is 0.00801. The lowest BCUT2D eigenvalue weighted by molar-refractivity contribution is -0.157. The van der Waals surface area contributed by atoms with E-state index in [1.54, 1.807) is 26.2 Å². The third-order valence-electron chi connectivity index (χ3n) is 5.88. The Kier molecular flexibility index (Phi) is 7.74. The average Bonchev–Trinajstić information content (AvgIpc) is 2.82. The smallest absolute Gasteiger partial charge is 0.331 e. The van der Waals surface area contributed by atoms with Crippen LogP contribution in [-0.2, 0) is 19.1 Å². The summed E-state index contributed by atoms with van der Waals surface area (Å²) >= 11 is 0. The third-order valence-corrected chi connectivity index (χ3v) is 5.88. The molecule has 1 saturated heterocycles. The molecule has 1 aliphatic carbocycles. The number of hydrogen-bond donors (Lipinski definition) is 1. The Hall–Kier alpha value is -2.64. The Morgan fingerprint density at radius 3 is 2.66 bits per heavy atom. The number of ether oxygens (including phenoxy) is 4. The van der Waals surface area contributed by atoms with Crippen LogP contribution in [0.25, 0.3) is 6.08 Å². The molecule has 0 amide bonds. The normalized spacial score (nSPS) is 24.0. The lowest BCUT2D eigenvalue weighted by Crippen LogP contribution is -2.41. The summed E-state index contributed by atoms with van der Waals surface area (Å²) in [6, 6.07) is 5.45. The van der Waals surface area contributed by atoms with Crippen LogP contribution in [0.3, 0.4) is 0 Å². The zero-order chi connectivity index (χ0) is 23.3. The third kappa shape index (κ3) is 5.78. The number of Topliss-reactive ketones (excluding diaryl/α,β-unsaturated/α-hetero) is 1. The Bertz CT molecular complexity index is 894. The van der Waals surface area contributed by atoms with Crippen molar-refractivity contribution in [2.24, 2.45) is 5.41 Å². The molecule has 7 nitrogen and oxygen atoms in total. The van der Waals surface area contributed by atoms with E-state index in [4.69, 9.17) is 18.9 Å². The van der Waals surface area contributed by atoms with E-state index in [0.717, 1.165) is 12.8 Å². The van der Waals surface area contributed by atoms with Crippen LogP contribution < -0.4 is 9.47 Å². The summed E-state index contributed by atoms with van der Waals surface area (Å²) < 4.78 is 22.6. The van der Waals surface area contributed by atoms with Gasteiger partial charge in [-0.15, -0.1) is 0 Å². The largest absolute Gasteiger partial charge is 0.493 e. The topological polar surface area (TPSA) is 91.3 Å². The van der Waals surface area contributed by atoms with Crippen molar-refractivity contribution in [2.45, 2.75) is 58.3 Å². The molecule has 0 radical (unpaired) electrons. The second-order valence-corrected chi connectivity index (χ2v) is 8.93. The molecule has 2 unspecified atom stereocenters. The maximum absolute atomic E-state index is 12.6. The van der Waals surface area contributed by atoms with E-state index in [1.807, 2.05) is 26.0 Å². The van der Waals surface area contributed by atoms with Gasteiger partial charge >= 0.3 is 5.97 Å². The van der Waals surface area contributed by atoms with Gasteiger partial charge in [-0.25, -0.2) is 4.79 Å². The van der Waals surface area contributed by atoms with Crippen LogP contribution in [0.4, 0.5) is 0 Å². The van der Waals surface area contributed by atoms with Crippen molar-refractivity contribution in [3.05, 3.63) is 41.5 Å². The van der Waals surface area contributed by atoms with Crippen LogP contribution >= 0.6 is 0 Å². The molecule has 3 rings (SSSR count). The van der Waals surface area contributed by atoms with Crippen molar-refractivity contribution in [2.75, 3.05) is 20.3 Å². The number of benzene rings is 1. The Morgan fingerprint density at radius 1 is 1.25 bits per heavy atom. The summed E-state index contributed by atoms with van der Waals surface area (Å²) in [6.45, 7) is 6.57. The Labute approximate surface area is 189 Å². The van der Waals surface area contributed by atoms with Crippen LogP contribution in [0.5, 0.6) is 11.5 Å². The molecule has 1 fully saturated rings. The highest BCUT2D eigenvalue weighted by Crippen LogP contribution is 2.36. The van der Waals surface area contributed by atoms with E-state index in [9.17, 15) is 14.7 Å². The van der Waals surface area contributed by atoms with Crippen LogP contribution in [0.1, 0.15) is 45.6 Å². The number of para-hydroxylation sites is 1. The number of carbonyl (C=O) groups is 2. The second kappa shape index (κ2) is 10.3. The first-order valence-electron chi connectivity index (χ1n) is 10.9. The van der Waals surface area contributed by atoms with E-state index in [-0.39, 0.29) is 18.3 Å². The molecule has 1 aromatic carbocycles. The van der Waals surface area contributed by atoms with Crippen LogP contribution in [0, 0.1) is 5.41 Å². The van der Waals surface area contributed by atoms with Crippen molar-refractivity contribution in [1.29, 1.82) is 0 Å². The van der Waals surface area contributed by atoms with Gasteiger partial charge < -0.3 is 24.1 Å². The molecular weight excluding hydrogens is 412 g/mol. The van der Waals surface area contributed by atoms with Crippen LogP contribution in [0.2, 0.25) is 0 Å². The van der Waals surface area contributed by atoms with Crippen molar-refractivity contribution in [3.63, 3.8) is 0 Å². The summed E-state index contributed by atoms with van der Waals surface area (Å²) in [6.07, 6.45) is 4.23. The maximum Gasteiger partial charge on any atom is 0.331 e. The van der Waals surface area contributed by atoms with Crippen molar-refractivity contribution in [3.8, 4) is 11.5 Å². The molecule has 0 saturated carbocycles. The molecule has 1 heterocycles. The van der Waals surface area contributed by atoms with Gasteiger partial charge in [0.15, 0.2) is 17.3 Å². The summed E-state index contributed by atoms with van der Waals surface area (Å²) in [5.41, 5.74) is 0.451. The molecule has 7 heteroatoms. The van der Waals surface area contributed by atoms with Gasteiger partial charge in [0.25, 0.3) is 0 Å². The second-order valence-electron chi connectivity index (χ2n) is 8.93. The molecule has 1 aromatic rings. The molecule has 2 aliphatic rings. The first kappa shape index (κ1) is 24.0. The molecule has 1 N–H and O–H groups in total. The highest BCUT2D eigenvalue weighted by Gasteiger charge is 2.41. The van der Waals surface area contributed by atoms with E-state index in [1.165, 1.54) is 12.2 Å². The van der Waals surface area contributed by atoms with Gasteiger partial charge in [0, 0.05) is 36.3 Å². The lowest BCUT2D eigenvalue weighted by atomic mass is 9.80. The molecule has 0 spiro atoms. The zero-order valence-electron chi connectivity index (χ0n) is 19.1. The molecular formula is C25H32O7. The van der Waals surface area contributed by atoms with E-state index in [0.29, 0.717) is 35.8 Å². The van der Waals surface area contributed by atoms with E-state index >= 15 is 0 Å². The number of rotatable bonds is 6. The van der Waals surface area contributed by atoms with Crippen LogP contribution in [-0.4, -0.2) is 55.5 Å². The SMILES string of the molecule is COc1cccc(C=CC(=O)OC2C(O)C=C(C)C(=O)CC2(C)C)c1OC1CCOCC1. The monoisotopic (exact) mass is 444 g/mol. The van der Waals surface area contributed by atoms with Gasteiger partial charge in [0.05, 0.1) is 20.3 Å². The number of carbonyl (C=O) groups excluding carboxylic acids is 2. The molecule has 0 bridgehead atoms. The molecule has 174 valence electrons. The Morgan fingerprint density at radius 2 is 1.97 bits per heavy atom. The number of aliphatic hydroxyl groups is 1. The molecule has 1 aliphatic heterocycles. The minimum Gasteiger partial charge on any atom is -0.493 e. The fraction of sp³-hybridized carbons (Fsp3) is 0.520. The first-order valence-corrected chi connectivity index (χ1v) is 10.9. The fourth-order valence-corrected chi connectivity index (χ4v) is 4.02. The summed E-state index contributed by atoms with van der Waals surface area (Å²) in [5, 5.41) is 10.5. The fourth-order valence-electron chi connectivity index (χ4n) is 4.02. The van der Waals surface area contributed by atoms with Crippen molar-refractivity contribution >= 4 is 17.8 Å². The summed E-state index contributed by atoms with van der Waals surface area (Å²) in [7, 11) is 1.57. The standard InChI is InChI=1S/C25H32O7/c1-16-14-19(26)24(25(2,3)15-20(16)27)32-22(28)9-8-17-6-5-7-21(29-4)23(17)31-18-10-12-30-13-11-18/h5-9,14,18-19,24,26H,10-13,15H2,1-4H3. The number of allylic oxidation sites excluding steroid dienone is 1. The number of hydrogen-bond acceptors (Lipinski definition) is 7. The predicted octanol–water partition coefficient (Wildman–Crippen LogP) is 3.48. The van der Waals surface area contributed by atoms with E-state index in [2.05, 4.69) is 0 Å². The summed E-state index contributed by atoms with van der Waals surface area (Å²) in [4.78, 5) is 24.8. The highest BCUT2D eigenvalue weighted by molar-refractivity contribution is 5.95. The van der Waals surface area contributed by atoms with Gasteiger partial charge in [-0.05, 0) is 30.7 Å². The van der Waals surface area contributed by atoms with E-state index < -0.39 is 23.6 Å². The van der Waals surface area contributed by atoms with Gasteiger partial charge in [-0.2, -0.15) is 0 Å². The number of aliphatic hydroxyl groups excluding tert-OH is 1. The van der Waals surface area contributed by atoms with Gasteiger partial charge in [0.2, 0.25) is 0 Å². The Balaban J connectivity index is 1.77. The minimum atomic E-state index is -1.06. The number of esters is 1. The number of methoxy groups -OCH3 is 1. The van der Waals surface area contributed by atoms with Gasteiger partial charge in [-0.1, -0.05) is 26.0 Å². The zero-order valence-corrected chi connectivity index (χ0v) is 19.1. The van der Waals surface area contributed by atoms with Gasteiger partial charge in [0.1, 0.15) is 18.3 Å². The quantitative estimate of drug-likeness (QED) is 0.530. The number of ketones is 1. The average molecular weight is 445 g/mol. The predicted molar refractivity (Wildman–Crippen MR) is 120 cm³/mol. The van der Waals surface area contributed by atoms with Crippen molar-refractivity contribution in [1.82, 2.24) is 0 Å². The molecule has 0 aromatic heterocycles. The van der Waals surface area contributed by atoms with Gasteiger partial charge in [-0.3, -0.25) is 4.79 Å². The van der Waals surface area contributed by atoms with Crippen LogP contribution in [0.15, 0.2) is 35.9 Å². The highest BCUT2D eigenvalue weighted by atomic mass is 16.6. The van der Waals surface area contributed by atoms with Crippen molar-refractivity contribution < 1.29 is 33.6 Å².